The van der Waals surface area contributed by atoms with Gasteiger partial charge in [-0.25, -0.2) is 4.39 Å². The molecule has 4 rings (SSSR count). The number of benzene rings is 2. The maximum absolute atomic E-state index is 13.4. The fourth-order valence-corrected chi connectivity index (χ4v) is 3.96. The summed E-state index contributed by atoms with van der Waals surface area (Å²) in [5, 5.41) is 3.91. The monoisotopic (exact) mass is 434 g/mol. The highest BCUT2D eigenvalue weighted by Crippen LogP contribution is 2.41. The van der Waals surface area contributed by atoms with Gasteiger partial charge in [0.05, 0.1) is 6.04 Å². The van der Waals surface area contributed by atoms with Gasteiger partial charge in [0.2, 0.25) is 5.78 Å². The van der Waals surface area contributed by atoms with E-state index in [0.29, 0.717) is 11.3 Å². The first-order valence-corrected chi connectivity index (χ1v) is 10.3. The molecule has 2 unspecified atom stereocenters. The number of carbonyl (C=O) groups is 3. The number of hydrogen-bond acceptors (Lipinski definition) is 5. The average molecular weight is 434 g/mol. The van der Waals surface area contributed by atoms with Crippen LogP contribution in [0.3, 0.4) is 0 Å². The molecule has 2 aromatic carbocycles. The fraction of sp³-hybridized carbons (Fsp3) is 0.280. The molecule has 0 radical (unpaired) electrons. The number of aryl methyl sites for hydroxylation is 1. The first kappa shape index (κ1) is 21.6. The van der Waals surface area contributed by atoms with Crippen molar-refractivity contribution in [2.75, 3.05) is 4.90 Å². The van der Waals surface area contributed by atoms with E-state index < -0.39 is 35.3 Å². The maximum atomic E-state index is 13.4. The molecule has 0 spiro atoms. The van der Waals surface area contributed by atoms with Crippen LogP contribution in [0.25, 0.3) is 0 Å². The number of amides is 1. The van der Waals surface area contributed by atoms with E-state index >= 15 is 0 Å². The predicted octanol–water partition coefficient (Wildman–Crippen LogP) is 4.58. The van der Waals surface area contributed by atoms with Gasteiger partial charge in [-0.15, -0.1) is 0 Å². The Bertz CT molecular complexity index is 1190. The smallest absolute Gasteiger partial charge is 0.297 e. The highest BCUT2D eigenvalue weighted by atomic mass is 19.1. The zero-order valence-corrected chi connectivity index (χ0v) is 18.3. The van der Waals surface area contributed by atoms with Gasteiger partial charge < -0.3 is 4.52 Å². The van der Waals surface area contributed by atoms with Crippen LogP contribution < -0.4 is 4.90 Å². The molecule has 0 N–H and O–H groups in total. The van der Waals surface area contributed by atoms with Gasteiger partial charge >= 0.3 is 0 Å². The molecular formula is C25H23FN2O4. The quantitative estimate of drug-likeness (QED) is 0.341. The molecule has 0 bridgehead atoms. The van der Waals surface area contributed by atoms with E-state index in [9.17, 15) is 18.8 Å². The van der Waals surface area contributed by atoms with Gasteiger partial charge in [-0.1, -0.05) is 50.2 Å². The largest absolute Gasteiger partial charge is 0.360 e. The minimum absolute atomic E-state index is 0.0912. The number of aromatic nitrogens is 1. The third-order valence-corrected chi connectivity index (χ3v) is 5.70. The van der Waals surface area contributed by atoms with Gasteiger partial charge in [-0.05, 0) is 47.7 Å². The van der Waals surface area contributed by atoms with Gasteiger partial charge in [-0.3, -0.25) is 19.3 Å². The molecule has 1 aliphatic heterocycles. The molecule has 7 heteroatoms. The molecule has 1 fully saturated rings. The van der Waals surface area contributed by atoms with E-state index in [1.54, 1.807) is 13.0 Å². The predicted molar refractivity (Wildman–Crippen MR) is 116 cm³/mol. The van der Waals surface area contributed by atoms with Gasteiger partial charge in [0.15, 0.2) is 11.6 Å². The topological polar surface area (TPSA) is 80.5 Å². The van der Waals surface area contributed by atoms with Crippen molar-refractivity contribution in [3.8, 4) is 0 Å². The van der Waals surface area contributed by atoms with Crippen LogP contribution in [0.5, 0.6) is 0 Å². The molecular weight excluding hydrogens is 411 g/mol. The summed E-state index contributed by atoms with van der Waals surface area (Å²) in [7, 11) is 0. The zero-order chi connectivity index (χ0) is 23.2. The third kappa shape index (κ3) is 3.75. The highest BCUT2D eigenvalue weighted by Gasteiger charge is 2.53. The number of nitrogens with zero attached hydrogens (tertiary/aromatic N) is 2. The SMILES string of the molecule is Cc1cc(N2C(=O)C(=O)C(C(=O)c3ccc(F)cc3)C2c2ccc(C(C)(C)C)cc2)no1. The Kier molecular flexibility index (Phi) is 5.28. The van der Waals surface area contributed by atoms with Gasteiger partial charge in [0.25, 0.3) is 5.91 Å². The Hall–Kier alpha value is -3.61. The second-order valence-electron chi connectivity index (χ2n) is 9.00. The van der Waals surface area contributed by atoms with E-state index in [4.69, 9.17) is 4.52 Å². The third-order valence-electron chi connectivity index (χ3n) is 5.70. The van der Waals surface area contributed by atoms with E-state index in [-0.39, 0.29) is 16.8 Å². The Morgan fingerprint density at radius 1 is 1.03 bits per heavy atom. The Morgan fingerprint density at radius 2 is 1.66 bits per heavy atom. The molecule has 32 heavy (non-hydrogen) atoms. The highest BCUT2D eigenvalue weighted by molar-refractivity contribution is 6.48. The summed E-state index contributed by atoms with van der Waals surface area (Å²) in [4.78, 5) is 40.6. The van der Waals surface area contributed by atoms with Crippen molar-refractivity contribution in [3.05, 3.63) is 82.9 Å². The van der Waals surface area contributed by atoms with E-state index in [0.717, 1.165) is 17.7 Å². The van der Waals surface area contributed by atoms with Crippen LogP contribution >= 0.6 is 0 Å². The molecule has 1 amide bonds. The number of ketones is 2. The van der Waals surface area contributed by atoms with Crippen molar-refractivity contribution in [3.63, 3.8) is 0 Å². The molecule has 6 nitrogen and oxygen atoms in total. The number of halogens is 1. The first-order chi connectivity index (χ1) is 15.1. The second kappa shape index (κ2) is 7.82. The van der Waals surface area contributed by atoms with Crippen LogP contribution in [0.15, 0.2) is 59.1 Å². The minimum atomic E-state index is -1.29. The van der Waals surface area contributed by atoms with E-state index in [1.165, 1.54) is 17.0 Å². The normalized spacial score (nSPS) is 19.0. The van der Waals surface area contributed by atoms with Crippen LogP contribution in [0, 0.1) is 18.7 Å². The van der Waals surface area contributed by atoms with Crippen molar-refractivity contribution >= 4 is 23.3 Å². The van der Waals surface area contributed by atoms with Crippen LogP contribution in [-0.4, -0.2) is 22.6 Å². The van der Waals surface area contributed by atoms with Gasteiger partial charge in [0.1, 0.15) is 17.5 Å². The molecule has 0 aliphatic carbocycles. The number of rotatable bonds is 4. The number of hydrogen-bond donors (Lipinski definition) is 0. The summed E-state index contributed by atoms with van der Waals surface area (Å²) < 4.78 is 18.5. The summed E-state index contributed by atoms with van der Waals surface area (Å²) in [6.45, 7) is 7.91. The van der Waals surface area contributed by atoms with Crippen molar-refractivity contribution in [1.29, 1.82) is 0 Å². The molecule has 1 aliphatic rings. The summed E-state index contributed by atoms with van der Waals surface area (Å²) in [6, 6.07) is 13.1. The first-order valence-electron chi connectivity index (χ1n) is 10.3. The van der Waals surface area contributed by atoms with Crippen LogP contribution in [0.4, 0.5) is 10.2 Å². The molecule has 1 aromatic heterocycles. The average Bonchev–Trinajstić information content (AvgIpc) is 3.28. The number of Topliss-reactive ketones (excluding diaryl/α,β-unsaturated/α-hetero) is 2. The lowest BCUT2D eigenvalue weighted by molar-refractivity contribution is -0.135. The van der Waals surface area contributed by atoms with Crippen molar-refractivity contribution in [1.82, 2.24) is 5.16 Å². The van der Waals surface area contributed by atoms with Gasteiger partial charge in [-0.2, -0.15) is 0 Å². The Labute approximate surface area is 185 Å². The maximum Gasteiger partial charge on any atom is 0.297 e. The van der Waals surface area contributed by atoms with E-state index in [2.05, 4.69) is 25.9 Å². The minimum Gasteiger partial charge on any atom is -0.360 e. The summed E-state index contributed by atoms with van der Waals surface area (Å²) in [5.41, 5.74) is 1.76. The number of anilines is 1. The van der Waals surface area contributed by atoms with Gasteiger partial charge in [0, 0.05) is 11.6 Å². The summed E-state index contributed by atoms with van der Waals surface area (Å²) >= 11 is 0. The Morgan fingerprint density at radius 3 is 2.19 bits per heavy atom. The van der Waals surface area contributed by atoms with Crippen molar-refractivity contribution < 1.29 is 23.3 Å². The molecule has 164 valence electrons. The fourth-order valence-electron chi connectivity index (χ4n) is 3.96. The molecule has 3 aromatic rings. The Balaban J connectivity index is 1.83. The van der Waals surface area contributed by atoms with Crippen LogP contribution in [-0.2, 0) is 15.0 Å². The lowest BCUT2D eigenvalue weighted by Gasteiger charge is -2.26. The molecule has 2 atom stereocenters. The molecule has 2 heterocycles. The van der Waals surface area contributed by atoms with Crippen LogP contribution in [0.2, 0.25) is 0 Å². The molecule has 1 saturated heterocycles. The summed E-state index contributed by atoms with van der Waals surface area (Å²) in [5.74, 6) is -3.35. The number of carbonyl (C=O) groups excluding carboxylic acids is 3. The van der Waals surface area contributed by atoms with Crippen molar-refractivity contribution in [2.45, 2.75) is 39.2 Å². The standard InChI is InChI=1S/C25H23FN2O4/c1-14-13-19(27-32-14)28-21(15-5-9-17(10-6-15)25(2,3)4)20(23(30)24(28)31)22(29)16-7-11-18(26)12-8-16/h5-13,20-21H,1-4H3. The zero-order valence-electron chi connectivity index (χ0n) is 18.3. The van der Waals surface area contributed by atoms with Crippen LogP contribution in [0.1, 0.15) is 54.1 Å². The van der Waals surface area contributed by atoms with Crippen molar-refractivity contribution in [2.24, 2.45) is 5.92 Å². The van der Waals surface area contributed by atoms with E-state index in [1.807, 2.05) is 24.3 Å². The lowest BCUT2D eigenvalue weighted by atomic mass is 9.83. The molecule has 0 saturated carbocycles. The lowest BCUT2D eigenvalue weighted by Crippen LogP contribution is -2.31. The second-order valence-corrected chi connectivity index (χ2v) is 9.00. The summed E-state index contributed by atoms with van der Waals surface area (Å²) in [6.07, 6.45) is 0.